The molecule has 11 heteroatoms. The van der Waals surface area contributed by atoms with E-state index in [0.29, 0.717) is 16.1 Å². The van der Waals surface area contributed by atoms with Gasteiger partial charge in [-0.15, -0.1) is 0 Å². The number of allylic oxidation sites excluding steroid dienone is 1. The van der Waals surface area contributed by atoms with E-state index in [0.717, 1.165) is 0 Å². The molecule has 8 nitrogen and oxygen atoms in total. The predicted molar refractivity (Wildman–Crippen MR) is 125 cm³/mol. The second-order valence-electron chi connectivity index (χ2n) is 7.18. The van der Waals surface area contributed by atoms with Crippen LogP contribution in [0.3, 0.4) is 0 Å². The normalized spacial score (nSPS) is 12.7. The van der Waals surface area contributed by atoms with Crippen LogP contribution >= 0.6 is 11.6 Å². The maximum Gasteiger partial charge on any atom is 0.271 e. The lowest BCUT2D eigenvalue weighted by Gasteiger charge is -2.26. The van der Waals surface area contributed by atoms with Crippen molar-refractivity contribution in [2.45, 2.75) is 18.4 Å². The van der Waals surface area contributed by atoms with Crippen molar-refractivity contribution in [2.24, 2.45) is 5.10 Å². The van der Waals surface area contributed by atoms with E-state index in [1.807, 2.05) is 21.8 Å². The lowest BCUT2D eigenvalue weighted by molar-refractivity contribution is -0.114. The van der Waals surface area contributed by atoms with Gasteiger partial charge in [0.05, 0.1) is 28.9 Å². The first-order valence-electron chi connectivity index (χ1n) is 9.21. The van der Waals surface area contributed by atoms with Crippen molar-refractivity contribution in [2.75, 3.05) is 13.1 Å². The van der Waals surface area contributed by atoms with E-state index < -0.39 is 17.3 Å². The minimum atomic E-state index is -0.586. The summed E-state index contributed by atoms with van der Waals surface area (Å²) in [5, 5.41) is 35.8. The van der Waals surface area contributed by atoms with Gasteiger partial charge in [0, 0.05) is 12.1 Å². The number of amides is 1. The van der Waals surface area contributed by atoms with Gasteiger partial charge in [-0.2, -0.15) is 10.4 Å². The average molecular weight is 427 g/mol. The van der Waals surface area contributed by atoms with Gasteiger partial charge in [-0.05, 0) is 42.7 Å². The highest BCUT2D eigenvalue weighted by Crippen LogP contribution is 2.17. The maximum atomic E-state index is 12.2. The standard InChI is InChI=1S/C19H25B2ClN6O2/c1-3-17(28-27-10-12(2)29)18(30)25-11-19(20,21)26-7-6-16(24)13-4-5-14(9-23)15(22)8-13/h3-8,12,24,26-27,29H,1,10-11,20-21H2,2H3,(H,25,30)/b7-6-,24-16?,28-17+. The molecule has 30 heavy (non-hydrogen) atoms. The van der Waals surface area contributed by atoms with Gasteiger partial charge in [-0.3, -0.25) is 4.79 Å². The fourth-order valence-electron chi connectivity index (χ4n) is 2.12. The van der Waals surface area contributed by atoms with Gasteiger partial charge in [0.25, 0.3) is 5.91 Å². The summed E-state index contributed by atoms with van der Waals surface area (Å²) < 4.78 is 0. The third kappa shape index (κ3) is 8.55. The van der Waals surface area contributed by atoms with Crippen LogP contribution in [-0.4, -0.2) is 62.7 Å². The number of carbonyl (C=O) groups excluding carboxylic acids is 1. The zero-order valence-electron chi connectivity index (χ0n) is 17.3. The predicted octanol–water partition coefficient (Wildman–Crippen LogP) is -0.769. The largest absolute Gasteiger partial charge is 0.399 e. The van der Waals surface area contributed by atoms with Crippen molar-refractivity contribution in [3.8, 4) is 6.07 Å². The van der Waals surface area contributed by atoms with Gasteiger partial charge < -0.3 is 26.6 Å². The second-order valence-corrected chi connectivity index (χ2v) is 7.58. The Balaban J connectivity index is 2.61. The van der Waals surface area contributed by atoms with Crippen molar-refractivity contribution in [1.29, 1.82) is 10.7 Å². The minimum absolute atomic E-state index is 0.112. The number of aliphatic hydroxyl groups excluding tert-OH is 1. The van der Waals surface area contributed by atoms with Crippen molar-refractivity contribution in [3.05, 3.63) is 59.3 Å². The van der Waals surface area contributed by atoms with Crippen LogP contribution in [0.1, 0.15) is 18.1 Å². The van der Waals surface area contributed by atoms with Gasteiger partial charge in [0.1, 0.15) is 27.5 Å². The van der Waals surface area contributed by atoms with Crippen LogP contribution in [-0.2, 0) is 4.79 Å². The number of nitrogens with zero attached hydrogens (tertiary/aromatic N) is 2. The number of hydrogen-bond acceptors (Lipinski definition) is 7. The molecule has 0 spiro atoms. The first-order chi connectivity index (χ1) is 14.1. The number of rotatable bonds is 11. The molecule has 0 aromatic heterocycles. The third-order valence-electron chi connectivity index (χ3n) is 3.83. The summed E-state index contributed by atoms with van der Waals surface area (Å²) in [6.07, 6.45) is 3.93. The molecular weight excluding hydrogens is 401 g/mol. The molecule has 156 valence electrons. The highest BCUT2D eigenvalue weighted by atomic mass is 35.5. The minimum Gasteiger partial charge on any atom is -0.399 e. The summed E-state index contributed by atoms with van der Waals surface area (Å²) in [7, 11) is 3.77. The van der Waals surface area contributed by atoms with Gasteiger partial charge in [0.2, 0.25) is 0 Å². The van der Waals surface area contributed by atoms with Crippen molar-refractivity contribution in [1.82, 2.24) is 16.1 Å². The molecule has 1 amide bonds. The molecule has 0 saturated carbocycles. The third-order valence-corrected chi connectivity index (χ3v) is 4.14. The highest BCUT2D eigenvalue weighted by Gasteiger charge is 2.18. The van der Waals surface area contributed by atoms with Gasteiger partial charge >= 0.3 is 0 Å². The second kappa shape index (κ2) is 11.9. The van der Waals surface area contributed by atoms with Gasteiger partial charge in [-0.1, -0.05) is 24.2 Å². The van der Waals surface area contributed by atoms with E-state index in [4.69, 9.17) is 22.3 Å². The van der Waals surface area contributed by atoms with Crippen LogP contribution in [0.15, 0.2) is 48.2 Å². The summed E-state index contributed by atoms with van der Waals surface area (Å²) in [5.41, 5.74) is 3.89. The summed E-state index contributed by atoms with van der Waals surface area (Å²) in [6.45, 7) is 5.68. The number of halogens is 1. The lowest BCUT2D eigenvalue weighted by Crippen LogP contribution is -2.53. The summed E-state index contributed by atoms with van der Waals surface area (Å²) in [5.74, 6) is -0.401. The Morgan fingerprint density at radius 2 is 2.23 bits per heavy atom. The van der Waals surface area contributed by atoms with E-state index in [1.54, 1.807) is 37.4 Å². The van der Waals surface area contributed by atoms with E-state index in [1.165, 1.54) is 6.08 Å². The molecule has 0 radical (unpaired) electrons. The number of benzene rings is 1. The molecule has 1 rings (SSSR count). The van der Waals surface area contributed by atoms with Crippen LogP contribution in [0, 0.1) is 16.7 Å². The Hall–Kier alpha value is -3.02. The summed E-state index contributed by atoms with van der Waals surface area (Å²) in [6, 6.07) is 6.78. The summed E-state index contributed by atoms with van der Waals surface area (Å²) >= 11 is 6.00. The molecule has 0 bridgehead atoms. The Labute approximate surface area is 183 Å². The fourth-order valence-corrected chi connectivity index (χ4v) is 2.34. The van der Waals surface area contributed by atoms with E-state index in [2.05, 4.69) is 27.7 Å². The van der Waals surface area contributed by atoms with Crippen molar-refractivity contribution in [3.63, 3.8) is 0 Å². The average Bonchev–Trinajstić information content (AvgIpc) is 2.69. The number of nitriles is 1. The molecule has 0 saturated heterocycles. The Morgan fingerprint density at radius 1 is 1.53 bits per heavy atom. The van der Waals surface area contributed by atoms with Crippen LogP contribution in [0.2, 0.25) is 5.02 Å². The number of hydrazone groups is 1. The smallest absolute Gasteiger partial charge is 0.271 e. The molecule has 0 aliphatic carbocycles. The van der Waals surface area contributed by atoms with E-state index in [9.17, 15) is 9.90 Å². The number of aliphatic hydroxyl groups is 1. The molecule has 1 aromatic carbocycles. The topological polar surface area (TPSA) is 133 Å². The molecule has 0 heterocycles. The van der Waals surface area contributed by atoms with Crippen LogP contribution in [0.5, 0.6) is 0 Å². The number of carbonyl (C=O) groups is 1. The van der Waals surface area contributed by atoms with Crippen molar-refractivity contribution >= 4 is 44.6 Å². The lowest BCUT2D eigenvalue weighted by atomic mass is 9.62. The zero-order valence-corrected chi connectivity index (χ0v) is 18.0. The first-order valence-corrected chi connectivity index (χ1v) is 9.59. The quantitative estimate of drug-likeness (QED) is 0.180. The molecule has 1 atom stereocenters. The molecule has 1 aromatic rings. The van der Waals surface area contributed by atoms with E-state index >= 15 is 0 Å². The van der Waals surface area contributed by atoms with Gasteiger partial charge in [-0.25, -0.2) is 0 Å². The summed E-state index contributed by atoms with van der Waals surface area (Å²) in [4.78, 5) is 12.2. The Morgan fingerprint density at radius 3 is 2.80 bits per heavy atom. The SMILES string of the molecule is BC(B)(CNC(=O)/C(C=C)=N/NCC(C)O)N/C=C\C(=N)c1ccc(C#N)c(Cl)c1. The zero-order chi connectivity index (χ0) is 22.7. The first kappa shape index (κ1) is 25.0. The maximum absolute atomic E-state index is 12.2. The molecule has 1 unspecified atom stereocenters. The number of hydrogen-bond donors (Lipinski definition) is 5. The van der Waals surface area contributed by atoms with Crippen LogP contribution in [0.25, 0.3) is 0 Å². The molecule has 5 N–H and O–H groups in total. The van der Waals surface area contributed by atoms with Crippen LogP contribution < -0.4 is 16.1 Å². The van der Waals surface area contributed by atoms with Crippen molar-refractivity contribution < 1.29 is 9.90 Å². The van der Waals surface area contributed by atoms with Gasteiger partial charge in [0.15, 0.2) is 0 Å². The molecular formula is C19H25B2ClN6O2. The Bertz CT molecular complexity index is 894. The van der Waals surface area contributed by atoms with Crippen LogP contribution in [0.4, 0.5) is 0 Å². The molecule has 0 aliphatic rings. The fraction of sp³-hybridized carbons (Fsp3) is 0.263. The van der Waals surface area contributed by atoms with E-state index in [-0.39, 0.29) is 24.5 Å². The molecule has 0 fully saturated rings. The molecule has 0 aliphatic heterocycles. The highest BCUT2D eigenvalue weighted by molar-refractivity contribution is 6.44. The number of nitrogens with one attached hydrogen (secondary N) is 4. The monoisotopic (exact) mass is 426 g/mol. The Kier molecular flexibility index (Phi) is 9.89.